The van der Waals surface area contributed by atoms with Crippen LogP contribution in [-0.4, -0.2) is 42.2 Å². The van der Waals surface area contributed by atoms with Gasteiger partial charge in [0, 0.05) is 24.5 Å². The van der Waals surface area contributed by atoms with E-state index in [1.54, 1.807) is 12.1 Å². The lowest BCUT2D eigenvalue weighted by Gasteiger charge is -2.36. The number of benzene rings is 1. The molecule has 0 saturated carbocycles. The number of nitrogens with one attached hydrogen (secondary N) is 3. The molecular weight excluding hydrogens is 352 g/mol. The summed E-state index contributed by atoms with van der Waals surface area (Å²) in [6.07, 6.45) is 0. The maximum absolute atomic E-state index is 12.4. The molecule has 1 heterocycles. The Morgan fingerprint density at radius 1 is 1.27 bits per heavy atom. The monoisotopic (exact) mass is 376 g/mol. The molecule has 1 aromatic carbocycles. The number of nitrogens with zero attached hydrogens (tertiary/aromatic N) is 1. The smallest absolute Gasteiger partial charge is 0.337 e. The minimum atomic E-state index is -0.406. The van der Waals surface area contributed by atoms with E-state index in [1.807, 2.05) is 37.8 Å². The van der Waals surface area contributed by atoms with Gasteiger partial charge in [0.15, 0.2) is 5.11 Å². The number of carbonyl (C=O) groups excluding carboxylic acids is 2. The molecule has 1 atom stereocenters. The van der Waals surface area contributed by atoms with Crippen LogP contribution >= 0.6 is 12.2 Å². The van der Waals surface area contributed by atoms with Gasteiger partial charge in [0.25, 0.3) is 0 Å². The number of esters is 1. The molecule has 0 bridgehead atoms. The van der Waals surface area contributed by atoms with Crippen molar-refractivity contribution in [1.29, 1.82) is 0 Å². The Morgan fingerprint density at radius 3 is 2.46 bits per heavy atom. The van der Waals surface area contributed by atoms with Crippen LogP contribution in [0, 0.1) is 0 Å². The fourth-order valence-electron chi connectivity index (χ4n) is 2.88. The molecule has 1 unspecified atom stereocenters. The predicted molar refractivity (Wildman–Crippen MR) is 105 cm³/mol. The average molecular weight is 376 g/mol. The molecule has 2 rings (SSSR count). The van der Waals surface area contributed by atoms with Crippen LogP contribution in [0.15, 0.2) is 35.5 Å². The zero-order chi connectivity index (χ0) is 19.3. The lowest BCUT2D eigenvalue weighted by molar-refractivity contribution is -0.136. The van der Waals surface area contributed by atoms with Crippen molar-refractivity contribution in [3.05, 3.63) is 41.1 Å². The molecule has 0 aliphatic carbocycles. The van der Waals surface area contributed by atoms with Crippen molar-refractivity contribution >= 4 is 35.0 Å². The minimum absolute atomic E-state index is 0.262. The predicted octanol–water partition coefficient (Wildman–Crippen LogP) is 2.53. The van der Waals surface area contributed by atoms with E-state index in [2.05, 4.69) is 16.0 Å². The summed E-state index contributed by atoms with van der Waals surface area (Å²) in [4.78, 5) is 25.8. The van der Waals surface area contributed by atoms with Gasteiger partial charge in [0.05, 0.1) is 18.7 Å². The quantitative estimate of drug-likeness (QED) is 0.541. The van der Waals surface area contributed by atoms with Crippen molar-refractivity contribution in [2.24, 2.45) is 0 Å². The highest BCUT2D eigenvalue weighted by Gasteiger charge is 2.33. The Morgan fingerprint density at radius 2 is 1.92 bits per heavy atom. The largest absolute Gasteiger partial charge is 0.466 e. The third-order valence-electron chi connectivity index (χ3n) is 4.16. The number of ether oxygens (including phenoxy) is 1. The van der Waals surface area contributed by atoms with Crippen molar-refractivity contribution in [3.63, 3.8) is 0 Å². The molecule has 2 amide bonds. The molecule has 8 heteroatoms. The van der Waals surface area contributed by atoms with E-state index in [0.717, 1.165) is 11.3 Å². The summed E-state index contributed by atoms with van der Waals surface area (Å²) in [5.41, 5.74) is 2.81. The second-order valence-electron chi connectivity index (χ2n) is 5.72. The summed E-state index contributed by atoms with van der Waals surface area (Å²) in [6.45, 7) is 6.88. The molecular formula is C18H24N4O3S. The van der Waals surface area contributed by atoms with E-state index in [9.17, 15) is 9.59 Å². The minimum Gasteiger partial charge on any atom is -0.466 e. The number of thiocarbonyl (C=S) groups is 1. The summed E-state index contributed by atoms with van der Waals surface area (Å²) >= 11 is 5.43. The molecule has 1 aliphatic heterocycles. The second kappa shape index (κ2) is 8.66. The van der Waals surface area contributed by atoms with Gasteiger partial charge in [-0.1, -0.05) is 12.1 Å². The summed E-state index contributed by atoms with van der Waals surface area (Å²) in [6, 6.07) is 6.59. The highest BCUT2D eigenvalue weighted by atomic mass is 32.1. The van der Waals surface area contributed by atoms with E-state index in [0.29, 0.717) is 29.5 Å². The van der Waals surface area contributed by atoms with E-state index in [1.165, 1.54) is 7.11 Å². The first kappa shape index (κ1) is 19.7. The third-order valence-corrected chi connectivity index (χ3v) is 4.50. The molecule has 7 nitrogen and oxygen atoms in total. The maximum atomic E-state index is 12.4. The first-order chi connectivity index (χ1) is 12.4. The normalized spacial score (nSPS) is 16.8. The number of rotatable bonds is 5. The zero-order valence-electron chi connectivity index (χ0n) is 15.4. The van der Waals surface area contributed by atoms with E-state index in [-0.39, 0.29) is 6.03 Å². The molecule has 0 fully saturated rings. The van der Waals surface area contributed by atoms with Crippen molar-refractivity contribution in [1.82, 2.24) is 15.5 Å². The third kappa shape index (κ3) is 4.13. The Balaban J connectivity index is 2.33. The van der Waals surface area contributed by atoms with Crippen LogP contribution in [0.1, 0.15) is 32.4 Å². The lowest BCUT2D eigenvalue weighted by Crippen LogP contribution is -2.47. The molecule has 3 N–H and O–H groups in total. The number of allylic oxidation sites excluding steroid dienone is 1. The summed E-state index contributed by atoms with van der Waals surface area (Å²) in [5, 5.41) is 9.19. The molecule has 26 heavy (non-hydrogen) atoms. The fraction of sp³-hybridized carbons (Fsp3) is 0.389. The SMILES string of the molecule is CCNC(=O)Nc1ccc(C2NC(=S)N(CC)C(C)=C2C(=O)OC)cc1. The van der Waals surface area contributed by atoms with Gasteiger partial charge in [-0.15, -0.1) is 0 Å². The van der Waals surface area contributed by atoms with Crippen LogP contribution in [0.25, 0.3) is 0 Å². The van der Waals surface area contributed by atoms with Crippen molar-refractivity contribution in [3.8, 4) is 0 Å². The first-order valence-corrected chi connectivity index (χ1v) is 8.85. The van der Waals surface area contributed by atoms with Crippen molar-refractivity contribution in [2.45, 2.75) is 26.8 Å². The van der Waals surface area contributed by atoms with Crippen LogP contribution in [-0.2, 0) is 9.53 Å². The number of methoxy groups -OCH3 is 1. The van der Waals surface area contributed by atoms with Gasteiger partial charge < -0.3 is 25.6 Å². The Labute approximate surface area is 158 Å². The fourth-order valence-corrected chi connectivity index (χ4v) is 3.27. The molecule has 0 radical (unpaired) electrons. The number of hydrogen-bond acceptors (Lipinski definition) is 4. The number of urea groups is 1. The number of hydrogen-bond donors (Lipinski definition) is 3. The lowest BCUT2D eigenvalue weighted by atomic mass is 9.95. The number of anilines is 1. The van der Waals surface area contributed by atoms with Crippen LogP contribution in [0.4, 0.5) is 10.5 Å². The second-order valence-corrected chi connectivity index (χ2v) is 6.11. The Kier molecular flexibility index (Phi) is 6.57. The molecule has 140 valence electrons. The zero-order valence-corrected chi connectivity index (χ0v) is 16.2. The van der Waals surface area contributed by atoms with Gasteiger partial charge in [-0.25, -0.2) is 9.59 Å². The summed E-state index contributed by atoms with van der Waals surface area (Å²) in [5.74, 6) is -0.398. The van der Waals surface area contributed by atoms with Crippen LogP contribution in [0.5, 0.6) is 0 Å². The van der Waals surface area contributed by atoms with Gasteiger partial charge >= 0.3 is 12.0 Å². The van der Waals surface area contributed by atoms with Gasteiger partial charge in [0.2, 0.25) is 0 Å². The molecule has 1 aliphatic rings. The first-order valence-electron chi connectivity index (χ1n) is 8.44. The Hall–Kier alpha value is -2.61. The van der Waals surface area contributed by atoms with E-state index in [4.69, 9.17) is 17.0 Å². The highest BCUT2D eigenvalue weighted by molar-refractivity contribution is 7.80. The van der Waals surface area contributed by atoms with Crippen LogP contribution in [0.3, 0.4) is 0 Å². The van der Waals surface area contributed by atoms with E-state index < -0.39 is 12.0 Å². The number of amides is 2. The topological polar surface area (TPSA) is 82.7 Å². The number of carbonyl (C=O) groups is 2. The van der Waals surface area contributed by atoms with Gasteiger partial charge in [-0.2, -0.15) is 0 Å². The summed E-state index contributed by atoms with van der Waals surface area (Å²) in [7, 11) is 1.36. The van der Waals surface area contributed by atoms with Gasteiger partial charge in [0.1, 0.15) is 0 Å². The van der Waals surface area contributed by atoms with Gasteiger partial charge in [-0.05, 0) is 50.7 Å². The Bertz CT molecular complexity index is 730. The average Bonchev–Trinajstić information content (AvgIpc) is 2.62. The van der Waals surface area contributed by atoms with Crippen molar-refractivity contribution in [2.75, 3.05) is 25.5 Å². The summed E-state index contributed by atoms with van der Waals surface area (Å²) < 4.78 is 4.97. The van der Waals surface area contributed by atoms with Crippen molar-refractivity contribution < 1.29 is 14.3 Å². The molecule has 1 aromatic rings. The van der Waals surface area contributed by atoms with E-state index >= 15 is 0 Å². The van der Waals surface area contributed by atoms with Crippen LogP contribution < -0.4 is 16.0 Å². The van der Waals surface area contributed by atoms with Crippen LogP contribution in [0.2, 0.25) is 0 Å². The highest BCUT2D eigenvalue weighted by Crippen LogP contribution is 2.31. The molecule has 0 spiro atoms. The standard InChI is InChI=1S/C18H24N4O3S/c1-5-19-17(24)20-13-9-7-12(8-10-13)15-14(16(23)25-4)11(3)22(6-2)18(26)21-15/h7-10,15H,5-6H2,1-4H3,(H,21,26)(H2,19,20,24). The molecule has 0 aromatic heterocycles. The van der Waals surface area contributed by atoms with Gasteiger partial charge in [-0.3, -0.25) is 0 Å². The maximum Gasteiger partial charge on any atom is 0.337 e. The molecule has 0 saturated heterocycles.